The summed E-state index contributed by atoms with van der Waals surface area (Å²) in [5.41, 5.74) is 0.682. The second-order valence-electron chi connectivity index (χ2n) is 5.31. The Morgan fingerprint density at radius 2 is 1.89 bits per heavy atom. The number of phenolic OH excluding ortho intramolecular Hbond substituents is 1. The van der Waals surface area contributed by atoms with Crippen LogP contribution in [0.3, 0.4) is 0 Å². The third-order valence-electron chi connectivity index (χ3n) is 3.94. The molecule has 1 aliphatic rings. The summed E-state index contributed by atoms with van der Waals surface area (Å²) in [6.45, 7) is 0.619. The summed E-state index contributed by atoms with van der Waals surface area (Å²) in [5.74, 6) is -0.722. The van der Waals surface area contributed by atoms with Crippen LogP contribution in [0.5, 0.6) is 5.75 Å². The van der Waals surface area contributed by atoms with Crippen LogP contribution in [0.1, 0.15) is 44.1 Å². The van der Waals surface area contributed by atoms with Crippen molar-refractivity contribution in [2.45, 2.75) is 51.1 Å². The van der Waals surface area contributed by atoms with E-state index in [2.05, 4.69) is 11.9 Å². The summed E-state index contributed by atoms with van der Waals surface area (Å²) >= 11 is 0. The van der Waals surface area contributed by atoms with Crippen molar-refractivity contribution in [2.75, 3.05) is 7.05 Å². The number of hydrogen-bond donors (Lipinski definition) is 1. The second-order valence-corrected chi connectivity index (χ2v) is 5.31. The first-order chi connectivity index (χ1) is 8.68. The molecule has 0 saturated heterocycles. The van der Waals surface area contributed by atoms with Crippen LogP contribution in [-0.4, -0.2) is 23.1 Å². The minimum Gasteiger partial charge on any atom is -0.505 e. The summed E-state index contributed by atoms with van der Waals surface area (Å²) < 4.78 is 13.3. The maximum Gasteiger partial charge on any atom is 0.165 e. The minimum absolute atomic E-state index is 0.196. The predicted octanol–water partition coefficient (Wildman–Crippen LogP) is 3.69. The van der Waals surface area contributed by atoms with E-state index < -0.39 is 5.82 Å². The molecule has 18 heavy (non-hydrogen) atoms. The molecule has 2 nitrogen and oxygen atoms in total. The van der Waals surface area contributed by atoms with E-state index in [0.29, 0.717) is 18.2 Å². The fourth-order valence-electron chi connectivity index (χ4n) is 2.78. The molecule has 3 heteroatoms. The maximum absolute atomic E-state index is 13.3. The van der Waals surface area contributed by atoms with Crippen molar-refractivity contribution in [3.8, 4) is 5.75 Å². The van der Waals surface area contributed by atoms with E-state index in [4.69, 9.17) is 0 Å². The van der Waals surface area contributed by atoms with E-state index >= 15 is 0 Å². The molecule has 0 radical (unpaired) electrons. The van der Waals surface area contributed by atoms with E-state index in [1.54, 1.807) is 12.1 Å². The van der Waals surface area contributed by atoms with Gasteiger partial charge in [0.05, 0.1) is 0 Å². The first kappa shape index (κ1) is 13.3. The summed E-state index contributed by atoms with van der Waals surface area (Å²) in [7, 11) is 2.07. The van der Waals surface area contributed by atoms with E-state index in [1.165, 1.54) is 44.6 Å². The molecule has 0 aliphatic heterocycles. The van der Waals surface area contributed by atoms with Crippen molar-refractivity contribution in [1.82, 2.24) is 4.90 Å². The van der Waals surface area contributed by atoms with E-state index in [0.717, 1.165) is 0 Å². The highest BCUT2D eigenvalue weighted by Gasteiger charge is 2.18. The Kier molecular flexibility index (Phi) is 4.59. The molecule has 100 valence electrons. The molecule has 0 aromatic heterocycles. The monoisotopic (exact) mass is 251 g/mol. The Bertz CT molecular complexity index is 386. The number of benzene rings is 1. The van der Waals surface area contributed by atoms with Crippen LogP contribution in [0.2, 0.25) is 0 Å². The van der Waals surface area contributed by atoms with Crippen molar-refractivity contribution in [2.24, 2.45) is 0 Å². The topological polar surface area (TPSA) is 23.5 Å². The number of para-hydroxylation sites is 1. The first-order valence-electron chi connectivity index (χ1n) is 6.85. The standard InChI is InChI=1S/C15H22FNO/c1-17(13-8-4-2-3-5-9-13)11-12-7-6-10-14(16)15(12)18/h6-7,10,13,18H,2-5,8-9,11H2,1H3. The van der Waals surface area contributed by atoms with Crippen molar-refractivity contribution in [3.63, 3.8) is 0 Å². The molecule has 0 atom stereocenters. The maximum atomic E-state index is 13.3. The van der Waals surface area contributed by atoms with Gasteiger partial charge in [-0.25, -0.2) is 4.39 Å². The predicted molar refractivity (Wildman–Crippen MR) is 71.0 cm³/mol. The van der Waals surface area contributed by atoms with Gasteiger partial charge in [0.2, 0.25) is 0 Å². The lowest BCUT2D eigenvalue weighted by Crippen LogP contribution is -2.30. The fourth-order valence-corrected chi connectivity index (χ4v) is 2.78. The Hall–Kier alpha value is -1.09. The van der Waals surface area contributed by atoms with E-state index in [9.17, 15) is 9.50 Å². The quantitative estimate of drug-likeness (QED) is 0.828. The number of rotatable bonds is 3. The molecule has 0 amide bonds. The molecule has 0 unspecified atom stereocenters. The number of aromatic hydroxyl groups is 1. The molecular formula is C15H22FNO. The molecule has 1 aromatic rings. The minimum atomic E-state index is -0.526. The molecule has 1 saturated carbocycles. The van der Waals surface area contributed by atoms with Gasteiger partial charge in [-0.05, 0) is 26.0 Å². The lowest BCUT2D eigenvalue weighted by atomic mass is 10.1. The largest absolute Gasteiger partial charge is 0.505 e. The number of phenols is 1. The van der Waals surface area contributed by atoms with Crippen molar-refractivity contribution >= 4 is 0 Å². The summed E-state index contributed by atoms with van der Waals surface area (Å²) in [6, 6.07) is 5.32. The third kappa shape index (κ3) is 3.22. The molecule has 1 aliphatic carbocycles. The Labute approximate surface area is 108 Å². The van der Waals surface area contributed by atoms with Gasteiger partial charge in [-0.15, -0.1) is 0 Å². The Balaban J connectivity index is 2.01. The average molecular weight is 251 g/mol. The number of hydrogen-bond acceptors (Lipinski definition) is 2. The molecule has 0 bridgehead atoms. The lowest BCUT2D eigenvalue weighted by molar-refractivity contribution is 0.210. The van der Waals surface area contributed by atoms with Crippen LogP contribution in [0.25, 0.3) is 0 Å². The molecule has 1 fully saturated rings. The molecular weight excluding hydrogens is 229 g/mol. The molecule has 2 rings (SSSR count). The van der Waals surface area contributed by atoms with Crippen molar-refractivity contribution in [3.05, 3.63) is 29.6 Å². The van der Waals surface area contributed by atoms with Crippen molar-refractivity contribution < 1.29 is 9.50 Å². The third-order valence-corrected chi connectivity index (χ3v) is 3.94. The summed E-state index contributed by atoms with van der Waals surface area (Å²) in [4.78, 5) is 2.25. The summed E-state index contributed by atoms with van der Waals surface area (Å²) in [5, 5.41) is 9.70. The van der Waals surface area contributed by atoms with Gasteiger partial charge in [0.25, 0.3) is 0 Å². The van der Waals surface area contributed by atoms with Crippen LogP contribution in [0, 0.1) is 5.82 Å². The first-order valence-corrected chi connectivity index (χ1v) is 6.85. The van der Waals surface area contributed by atoms with Crippen LogP contribution in [0.4, 0.5) is 4.39 Å². The Morgan fingerprint density at radius 3 is 2.56 bits per heavy atom. The van der Waals surface area contributed by atoms with E-state index in [1.807, 2.05) is 0 Å². The van der Waals surface area contributed by atoms with Gasteiger partial charge >= 0.3 is 0 Å². The highest BCUT2D eigenvalue weighted by molar-refractivity contribution is 5.33. The number of nitrogens with zero attached hydrogens (tertiary/aromatic N) is 1. The second kappa shape index (κ2) is 6.19. The van der Waals surface area contributed by atoms with Gasteiger partial charge in [-0.2, -0.15) is 0 Å². The Morgan fingerprint density at radius 1 is 1.22 bits per heavy atom. The normalized spacial score (nSPS) is 17.9. The lowest BCUT2D eigenvalue weighted by Gasteiger charge is -2.27. The fraction of sp³-hybridized carbons (Fsp3) is 0.600. The molecule has 0 heterocycles. The molecule has 1 N–H and O–H groups in total. The van der Waals surface area contributed by atoms with E-state index in [-0.39, 0.29) is 5.75 Å². The van der Waals surface area contributed by atoms with Gasteiger partial charge in [-0.1, -0.05) is 37.8 Å². The van der Waals surface area contributed by atoms with Gasteiger partial charge in [0.15, 0.2) is 11.6 Å². The molecule has 0 spiro atoms. The van der Waals surface area contributed by atoms with Gasteiger partial charge in [0, 0.05) is 18.2 Å². The average Bonchev–Trinajstić information content (AvgIpc) is 2.63. The highest BCUT2D eigenvalue weighted by Crippen LogP contribution is 2.26. The molecule has 1 aromatic carbocycles. The zero-order chi connectivity index (χ0) is 13.0. The summed E-state index contributed by atoms with van der Waals surface area (Å²) in [6.07, 6.45) is 7.65. The van der Waals surface area contributed by atoms with Crippen LogP contribution >= 0.6 is 0 Å². The van der Waals surface area contributed by atoms with Crippen LogP contribution in [0.15, 0.2) is 18.2 Å². The number of halogens is 1. The van der Waals surface area contributed by atoms with Gasteiger partial charge in [-0.3, -0.25) is 4.90 Å². The van der Waals surface area contributed by atoms with Crippen molar-refractivity contribution in [1.29, 1.82) is 0 Å². The smallest absolute Gasteiger partial charge is 0.165 e. The zero-order valence-corrected chi connectivity index (χ0v) is 11.0. The van der Waals surface area contributed by atoms with Crippen LogP contribution in [-0.2, 0) is 6.54 Å². The SMILES string of the molecule is CN(Cc1cccc(F)c1O)C1CCCCCC1. The van der Waals surface area contributed by atoms with Gasteiger partial charge in [0.1, 0.15) is 0 Å². The highest BCUT2D eigenvalue weighted by atomic mass is 19.1. The zero-order valence-electron chi connectivity index (χ0n) is 11.0. The van der Waals surface area contributed by atoms with Gasteiger partial charge < -0.3 is 5.11 Å². The van der Waals surface area contributed by atoms with Crippen LogP contribution < -0.4 is 0 Å².